The molecule has 0 N–H and O–H groups in total. The lowest BCUT2D eigenvalue weighted by Gasteiger charge is -2.41. The smallest absolute Gasteiger partial charge is 0.0682 e. The molecule has 0 aliphatic carbocycles. The van der Waals surface area contributed by atoms with E-state index >= 15 is 0 Å². The van der Waals surface area contributed by atoms with Crippen LogP contribution in [0.3, 0.4) is 0 Å². The molecule has 3 rings (SSSR count). The van der Waals surface area contributed by atoms with Crippen molar-refractivity contribution in [1.29, 1.82) is 0 Å². The van der Waals surface area contributed by atoms with Crippen molar-refractivity contribution in [3.05, 3.63) is 27.5 Å². The van der Waals surface area contributed by atoms with E-state index in [0.717, 1.165) is 0 Å². The molecule has 0 amide bonds. The molecule has 0 atom stereocenters. The minimum Gasteiger partial charge on any atom is -0.364 e. The van der Waals surface area contributed by atoms with Crippen molar-refractivity contribution in [2.45, 2.75) is 33.2 Å². The highest BCUT2D eigenvalue weighted by Gasteiger charge is 2.37. The number of aryl methyl sites for hydroxylation is 2. The van der Waals surface area contributed by atoms with Crippen LogP contribution in [0, 0.1) is 13.8 Å². The normalized spacial score (nSPS) is 16.9. The molecule has 3 heteroatoms. The zero-order valence-electron chi connectivity index (χ0n) is 10.9. The Labute approximate surface area is 111 Å². The van der Waals surface area contributed by atoms with Gasteiger partial charge in [0.05, 0.1) is 21.0 Å². The van der Waals surface area contributed by atoms with Crippen molar-refractivity contribution in [2.24, 2.45) is 0 Å². The van der Waals surface area contributed by atoms with E-state index in [9.17, 15) is 0 Å². The van der Waals surface area contributed by atoms with Gasteiger partial charge in [0.1, 0.15) is 0 Å². The van der Waals surface area contributed by atoms with Gasteiger partial charge in [-0.2, -0.15) is 0 Å². The molecule has 1 aliphatic rings. The highest BCUT2D eigenvalue weighted by molar-refractivity contribution is 7.22. The summed E-state index contributed by atoms with van der Waals surface area (Å²) < 4.78 is 0. The second-order valence-corrected chi connectivity index (χ2v) is 7.80. The summed E-state index contributed by atoms with van der Waals surface area (Å²) >= 11 is 3.85. The number of fused-ring (bicyclic) bond motifs is 3. The predicted octanol–water partition coefficient (Wildman–Crippen LogP) is 4.78. The van der Waals surface area contributed by atoms with Gasteiger partial charge < -0.3 is 4.90 Å². The molecule has 0 aromatic carbocycles. The fraction of sp³-hybridized carbons (Fsp3) is 0.429. The highest BCUT2D eigenvalue weighted by Crippen LogP contribution is 2.53. The first-order valence-electron chi connectivity index (χ1n) is 5.87. The van der Waals surface area contributed by atoms with E-state index in [4.69, 9.17) is 0 Å². The summed E-state index contributed by atoms with van der Waals surface area (Å²) in [5.41, 5.74) is 2.98. The average Bonchev–Trinajstić information content (AvgIpc) is 2.79. The largest absolute Gasteiger partial charge is 0.364 e. The quantitative estimate of drug-likeness (QED) is 0.661. The summed E-state index contributed by atoms with van der Waals surface area (Å²) in [6, 6.07) is 4.67. The van der Waals surface area contributed by atoms with Gasteiger partial charge in [-0.25, -0.2) is 0 Å². The third kappa shape index (κ3) is 1.42. The van der Waals surface area contributed by atoms with Gasteiger partial charge in [0.2, 0.25) is 0 Å². The van der Waals surface area contributed by atoms with E-state index in [0.29, 0.717) is 0 Å². The summed E-state index contributed by atoms with van der Waals surface area (Å²) in [6.07, 6.45) is 0. The second-order valence-electron chi connectivity index (χ2n) is 5.29. The second kappa shape index (κ2) is 3.36. The Kier molecular flexibility index (Phi) is 2.23. The molecule has 2 aromatic rings. The maximum Gasteiger partial charge on any atom is 0.0682 e. The molecule has 0 radical (unpaired) electrons. The maximum atomic E-state index is 2.42. The number of rotatable bonds is 0. The van der Waals surface area contributed by atoms with Crippen LogP contribution in [0.2, 0.25) is 0 Å². The van der Waals surface area contributed by atoms with Gasteiger partial charge in [0.25, 0.3) is 0 Å². The molecule has 0 saturated carbocycles. The molecule has 0 saturated heterocycles. The molecule has 0 bridgehead atoms. The predicted molar refractivity (Wildman–Crippen MR) is 78.5 cm³/mol. The van der Waals surface area contributed by atoms with Crippen molar-refractivity contribution in [2.75, 3.05) is 11.9 Å². The molecule has 1 nitrogen and oxygen atoms in total. The lowest BCUT2D eigenvalue weighted by atomic mass is 9.88. The van der Waals surface area contributed by atoms with Crippen LogP contribution in [0.4, 0.5) is 5.69 Å². The van der Waals surface area contributed by atoms with E-state index < -0.39 is 0 Å². The zero-order chi connectivity index (χ0) is 12.4. The topological polar surface area (TPSA) is 3.24 Å². The van der Waals surface area contributed by atoms with E-state index in [2.05, 4.69) is 51.8 Å². The Balaban J connectivity index is 2.36. The van der Waals surface area contributed by atoms with Crippen molar-refractivity contribution in [3.8, 4) is 9.75 Å². The minimum atomic E-state index is 0.0978. The van der Waals surface area contributed by atoms with Gasteiger partial charge in [0, 0.05) is 16.8 Å². The summed E-state index contributed by atoms with van der Waals surface area (Å²) in [5, 5.41) is 0. The van der Waals surface area contributed by atoms with E-state index in [1.807, 2.05) is 22.7 Å². The molecule has 0 spiro atoms. The summed E-state index contributed by atoms with van der Waals surface area (Å²) in [6.45, 7) is 9.03. The van der Waals surface area contributed by atoms with Gasteiger partial charge >= 0.3 is 0 Å². The number of hydrogen-bond acceptors (Lipinski definition) is 3. The Morgan fingerprint density at radius 2 is 1.59 bits per heavy atom. The molecule has 1 aliphatic heterocycles. The van der Waals surface area contributed by atoms with Gasteiger partial charge in [0.15, 0.2) is 0 Å². The Bertz CT molecular complexity index is 589. The van der Waals surface area contributed by atoms with Crippen LogP contribution in [-0.4, -0.2) is 7.05 Å². The van der Waals surface area contributed by atoms with Crippen molar-refractivity contribution < 1.29 is 0 Å². The SMILES string of the molecule is Cc1cc2c(s1)-c1sc(C)cc1C(C)(C)N2C. The minimum absolute atomic E-state index is 0.0978. The fourth-order valence-corrected chi connectivity index (χ4v) is 4.89. The maximum absolute atomic E-state index is 2.42. The third-order valence-electron chi connectivity index (χ3n) is 3.76. The van der Waals surface area contributed by atoms with Crippen LogP contribution in [0.15, 0.2) is 12.1 Å². The Hall–Kier alpha value is -0.800. The van der Waals surface area contributed by atoms with Gasteiger partial charge in [-0.05, 0) is 45.4 Å². The van der Waals surface area contributed by atoms with E-state index in [1.165, 1.54) is 30.8 Å². The zero-order valence-corrected chi connectivity index (χ0v) is 12.6. The number of anilines is 1. The highest BCUT2D eigenvalue weighted by atomic mass is 32.1. The molecule has 90 valence electrons. The van der Waals surface area contributed by atoms with Crippen LogP contribution in [0.5, 0.6) is 0 Å². The fourth-order valence-electron chi connectivity index (χ4n) is 2.53. The van der Waals surface area contributed by atoms with Crippen LogP contribution >= 0.6 is 22.7 Å². The van der Waals surface area contributed by atoms with Crippen LogP contribution in [-0.2, 0) is 5.54 Å². The van der Waals surface area contributed by atoms with Crippen LogP contribution < -0.4 is 4.90 Å². The summed E-state index contributed by atoms with van der Waals surface area (Å²) in [4.78, 5) is 8.17. The molecule has 0 unspecified atom stereocenters. The summed E-state index contributed by atoms with van der Waals surface area (Å²) in [7, 11) is 2.21. The molecule has 2 aromatic heterocycles. The van der Waals surface area contributed by atoms with Gasteiger partial charge in [-0.3, -0.25) is 0 Å². The van der Waals surface area contributed by atoms with Crippen molar-refractivity contribution in [1.82, 2.24) is 0 Å². The lowest BCUT2D eigenvalue weighted by Crippen LogP contribution is -2.40. The van der Waals surface area contributed by atoms with E-state index in [-0.39, 0.29) is 5.54 Å². The van der Waals surface area contributed by atoms with E-state index in [1.54, 1.807) is 0 Å². The Morgan fingerprint density at radius 1 is 1.00 bits per heavy atom. The molecular weight excluding hydrogens is 246 g/mol. The number of nitrogens with zero attached hydrogens (tertiary/aromatic N) is 1. The first kappa shape index (κ1) is 11.3. The summed E-state index contributed by atoms with van der Waals surface area (Å²) in [5.74, 6) is 0. The standard InChI is InChI=1S/C14H17NS2/c1-8-6-10-12(16-8)13-11(7-9(2)17-13)15(5)14(10,3)4/h6-7H,1-5H3. The first-order valence-corrected chi connectivity index (χ1v) is 7.50. The molecule has 17 heavy (non-hydrogen) atoms. The Morgan fingerprint density at radius 3 is 2.29 bits per heavy atom. The van der Waals surface area contributed by atoms with Gasteiger partial charge in [-0.1, -0.05) is 0 Å². The van der Waals surface area contributed by atoms with Crippen LogP contribution in [0.25, 0.3) is 9.75 Å². The van der Waals surface area contributed by atoms with Crippen molar-refractivity contribution in [3.63, 3.8) is 0 Å². The van der Waals surface area contributed by atoms with Crippen molar-refractivity contribution >= 4 is 28.4 Å². The van der Waals surface area contributed by atoms with Gasteiger partial charge in [-0.15, -0.1) is 22.7 Å². The molecule has 3 heterocycles. The lowest BCUT2D eigenvalue weighted by molar-refractivity contribution is 0.513. The average molecular weight is 263 g/mol. The first-order chi connectivity index (χ1) is 7.91. The van der Waals surface area contributed by atoms with Crippen LogP contribution in [0.1, 0.15) is 29.2 Å². The molecular formula is C14H17NS2. The number of thiophene rings is 2. The number of hydrogen-bond donors (Lipinski definition) is 0. The third-order valence-corrected chi connectivity index (χ3v) is 6.01. The molecule has 0 fully saturated rings. The monoisotopic (exact) mass is 263 g/mol.